The molecular formula is C20H21N3O. The van der Waals surface area contributed by atoms with Gasteiger partial charge in [0, 0.05) is 35.8 Å². The van der Waals surface area contributed by atoms with Gasteiger partial charge in [-0.3, -0.25) is 0 Å². The van der Waals surface area contributed by atoms with Crippen molar-refractivity contribution in [2.24, 2.45) is 0 Å². The van der Waals surface area contributed by atoms with E-state index >= 15 is 0 Å². The molecule has 0 radical (unpaired) electrons. The Bertz CT molecular complexity index is 905. The van der Waals surface area contributed by atoms with Crippen molar-refractivity contribution < 1.29 is 5.11 Å². The van der Waals surface area contributed by atoms with Crippen LogP contribution in [0.3, 0.4) is 0 Å². The zero-order valence-corrected chi connectivity index (χ0v) is 13.7. The highest BCUT2D eigenvalue weighted by Crippen LogP contribution is 2.44. The number of aromatic nitrogens is 1. The van der Waals surface area contributed by atoms with Crippen LogP contribution >= 0.6 is 0 Å². The second kappa shape index (κ2) is 5.10. The molecule has 0 amide bonds. The summed E-state index contributed by atoms with van der Waals surface area (Å²) in [7, 11) is 2.13. The summed E-state index contributed by atoms with van der Waals surface area (Å²) in [6, 6.07) is 8.50. The third kappa shape index (κ3) is 1.81. The van der Waals surface area contributed by atoms with Crippen molar-refractivity contribution >= 4 is 10.9 Å². The summed E-state index contributed by atoms with van der Waals surface area (Å²) in [5, 5.41) is 12.3. The van der Waals surface area contributed by atoms with Gasteiger partial charge in [-0.15, -0.1) is 0 Å². The number of hydrogen-bond donors (Lipinski definition) is 2. The predicted octanol–water partition coefficient (Wildman–Crippen LogP) is 3.06. The minimum Gasteiger partial charge on any atom is -0.374 e. The number of aliphatic hydroxyl groups is 1. The van der Waals surface area contributed by atoms with E-state index < -0.39 is 6.23 Å². The third-order valence-corrected chi connectivity index (χ3v) is 5.53. The largest absolute Gasteiger partial charge is 0.374 e. The van der Waals surface area contributed by atoms with Crippen molar-refractivity contribution in [1.29, 1.82) is 0 Å². The van der Waals surface area contributed by atoms with Gasteiger partial charge in [0.15, 0.2) is 0 Å². The first kappa shape index (κ1) is 14.1. The summed E-state index contributed by atoms with van der Waals surface area (Å²) >= 11 is 0. The van der Waals surface area contributed by atoms with Gasteiger partial charge >= 0.3 is 0 Å². The Morgan fingerprint density at radius 2 is 2.12 bits per heavy atom. The van der Waals surface area contributed by atoms with E-state index in [2.05, 4.69) is 70.4 Å². The molecule has 1 aromatic carbocycles. The standard InChI is InChI=1S/C20H21N3O/c1-22-17-10-4-2-3-8-15(17)20(24)23-12-11-14-13-7-5-6-9-16(13)21-18(14)19(22)23/h2-3,5-10,19-21,24H,4,11-12H2,1H3/t19-,20?/m0/s1. The number of hydrogen-bond acceptors (Lipinski definition) is 3. The molecule has 1 unspecified atom stereocenters. The van der Waals surface area contributed by atoms with Crippen molar-refractivity contribution in [3.63, 3.8) is 0 Å². The van der Waals surface area contributed by atoms with Crippen LogP contribution in [-0.2, 0) is 6.42 Å². The molecule has 122 valence electrons. The molecule has 2 atom stereocenters. The maximum Gasteiger partial charge on any atom is 0.137 e. The minimum atomic E-state index is -0.556. The minimum absolute atomic E-state index is 0.0534. The number of aromatic amines is 1. The average Bonchev–Trinajstić information content (AvgIpc) is 2.80. The SMILES string of the molecule is CN1C2=CCC=CC=C2C(O)N2CCc3c([nH]c4ccccc34)[C@@H]12. The van der Waals surface area contributed by atoms with E-state index in [1.165, 1.54) is 22.2 Å². The first-order valence-electron chi connectivity index (χ1n) is 8.59. The molecule has 0 spiro atoms. The normalized spacial score (nSPS) is 26.3. The highest BCUT2D eigenvalue weighted by atomic mass is 16.3. The zero-order valence-electron chi connectivity index (χ0n) is 13.7. The number of para-hydroxylation sites is 1. The number of fused-ring (bicyclic) bond motifs is 6. The van der Waals surface area contributed by atoms with Crippen molar-refractivity contribution in [1.82, 2.24) is 14.8 Å². The Kier molecular flexibility index (Phi) is 2.99. The fraction of sp³-hybridized carbons (Fsp3) is 0.300. The van der Waals surface area contributed by atoms with Gasteiger partial charge in [0.2, 0.25) is 0 Å². The molecule has 4 nitrogen and oxygen atoms in total. The van der Waals surface area contributed by atoms with Gasteiger partial charge in [-0.25, -0.2) is 4.90 Å². The molecule has 1 aromatic heterocycles. The molecule has 1 aliphatic carbocycles. The Hall–Kier alpha value is -2.30. The van der Waals surface area contributed by atoms with E-state index in [1.54, 1.807) is 0 Å². The number of aliphatic hydroxyl groups excluding tert-OH is 1. The van der Waals surface area contributed by atoms with Crippen LogP contribution in [0.2, 0.25) is 0 Å². The lowest BCUT2D eigenvalue weighted by molar-refractivity contribution is -0.0705. The number of H-pyrrole nitrogens is 1. The lowest BCUT2D eigenvalue weighted by Crippen LogP contribution is -2.54. The predicted molar refractivity (Wildman–Crippen MR) is 95.1 cm³/mol. The Labute approximate surface area is 141 Å². The van der Waals surface area contributed by atoms with E-state index in [0.717, 1.165) is 30.7 Å². The van der Waals surface area contributed by atoms with Gasteiger partial charge in [-0.2, -0.15) is 0 Å². The van der Waals surface area contributed by atoms with E-state index in [0.29, 0.717) is 0 Å². The quantitative estimate of drug-likeness (QED) is 0.784. The summed E-state index contributed by atoms with van der Waals surface area (Å²) in [6.45, 7) is 0.860. The maximum absolute atomic E-state index is 11.0. The summed E-state index contributed by atoms with van der Waals surface area (Å²) in [4.78, 5) is 8.12. The number of nitrogens with one attached hydrogen (secondary N) is 1. The Morgan fingerprint density at radius 1 is 1.25 bits per heavy atom. The number of likely N-dealkylation sites (N-methyl/N-ethyl adjacent to an activating group) is 1. The first-order chi connectivity index (χ1) is 11.8. The molecule has 2 aliphatic heterocycles. The van der Waals surface area contributed by atoms with Crippen LogP contribution in [0.5, 0.6) is 0 Å². The fourth-order valence-electron chi connectivity index (χ4n) is 4.42. The van der Waals surface area contributed by atoms with Crippen LogP contribution in [0.25, 0.3) is 10.9 Å². The number of rotatable bonds is 0. The monoisotopic (exact) mass is 319 g/mol. The van der Waals surface area contributed by atoms with Gasteiger partial charge < -0.3 is 15.0 Å². The van der Waals surface area contributed by atoms with Crippen molar-refractivity contribution in [3.8, 4) is 0 Å². The van der Waals surface area contributed by atoms with Gasteiger partial charge in [0.1, 0.15) is 12.4 Å². The van der Waals surface area contributed by atoms with Crippen LogP contribution < -0.4 is 0 Å². The molecule has 3 aliphatic rings. The van der Waals surface area contributed by atoms with Gasteiger partial charge in [-0.05, 0) is 24.5 Å². The summed E-state index contributed by atoms with van der Waals surface area (Å²) in [5.41, 5.74) is 5.94. The molecule has 0 saturated carbocycles. The maximum atomic E-state index is 11.0. The Balaban J connectivity index is 1.69. The van der Waals surface area contributed by atoms with E-state index in [4.69, 9.17) is 0 Å². The lowest BCUT2D eigenvalue weighted by Gasteiger charge is -2.50. The number of nitrogens with zero attached hydrogens (tertiary/aromatic N) is 2. The van der Waals surface area contributed by atoms with Gasteiger partial charge in [-0.1, -0.05) is 42.5 Å². The van der Waals surface area contributed by atoms with Crippen molar-refractivity contribution in [2.45, 2.75) is 25.2 Å². The average molecular weight is 319 g/mol. The van der Waals surface area contributed by atoms with E-state index in [9.17, 15) is 5.11 Å². The van der Waals surface area contributed by atoms with Crippen molar-refractivity contribution in [3.05, 3.63) is 71.1 Å². The van der Waals surface area contributed by atoms with Crippen molar-refractivity contribution in [2.75, 3.05) is 13.6 Å². The summed E-state index contributed by atoms with van der Waals surface area (Å²) in [5.74, 6) is 0. The Morgan fingerprint density at radius 3 is 3.04 bits per heavy atom. The van der Waals surface area contributed by atoms with Crippen LogP contribution in [0.1, 0.15) is 23.8 Å². The highest BCUT2D eigenvalue weighted by Gasteiger charge is 2.43. The van der Waals surface area contributed by atoms with Crippen LogP contribution in [0.15, 0.2) is 59.8 Å². The molecule has 4 heteroatoms. The van der Waals surface area contributed by atoms with Crippen LogP contribution in [-0.4, -0.2) is 39.7 Å². The van der Waals surface area contributed by atoms with E-state index in [-0.39, 0.29) is 6.17 Å². The third-order valence-electron chi connectivity index (χ3n) is 5.53. The number of benzene rings is 1. The molecule has 5 rings (SSSR count). The van der Waals surface area contributed by atoms with Crippen LogP contribution in [0, 0.1) is 0 Å². The summed E-state index contributed by atoms with van der Waals surface area (Å²) in [6.07, 6.45) is 9.81. The van der Waals surface area contributed by atoms with E-state index in [1.807, 2.05) is 0 Å². The molecule has 0 bridgehead atoms. The molecule has 3 heterocycles. The smallest absolute Gasteiger partial charge is 0.137 e. The fourth-order valence-corrected chi connectivity index (χ4v) is 4.42. The first-order valence-corrected chi connectivity index (χ1v) is 8.59. The molecule has 1 fully saturated rings. The van der Waals surface area contributed by atoms with Gasteiger partial charge in [0.25, 0.3) is 0 Å². The second-order valence-corrected chi connectivity index (χ2v) is 6.78. The van der Waals surface area contributed by atoms with Crippen LogP contribution in [0.4, 0.5) is 0 Å². The molecule has 24 heavy (non-hydrogen) atoms. The molecule has 2 aromatic rings. The lowest BCUT2D eigenvalue weighted by atomic mass is 9.94. The molecule has 1 saturated heterocycles. The summed E-state index contributed by atoms with van der Waals surface area (Å²) < 4.78 is 0. The zero-order chi connectivity index (χ0) is 16.3. The van der Waals surface area contributed by atoms with Gasteiger partial charge in [0.05, 0.1) is 5.69 Å². The number of allylic oxidation sites excluding steroid dienone is 4. The highest BCUT2D eigenvalue weighted by molar-refractivity contribution is 5.85. The molecule has 2 N–H and O–H groups in total. The second-order valence-electron chi connectivity index (χ2n) is 6.78. The topological polar surface area (TPSA) is 42.5 Å². The molecular weight excluding hydrogens is 298 g/mol.